The normalized spacial score (nSPS) is 15.2. The maximum Gasteiger partial charge on any atom is 0.239 e. The first-order chi connectivity index (χ1) is 10.9. The van der Waals surface area contributed by atoms with Crippen molar-refractivity contribution in [2.45, 2.75) is 46.6 Å². The van der Waals surface area contributed by atoms with Crippen LogP contribution >= 0.6 is 0 Å². The SMILES string of the molecule is Cc1ccc(NC(=O)C2CC2)cc1NCC(=O)N[C@H](C)C(C)C. The van der Waals surface area contributed by atoms with Gasteiger partial charge in [-0.1, -0.05) is 19.9 Å². The number of hydrogen-bond acceptors (Lipinski definition) is 3. The summed E-state index contributed by atoms with van der Waals surface area (Å²) < 4.78 is 0. The maximum atomic E-state index is 12.0. The number of carbonyl (C=O) groups excluding carboxylic acids is 2. The van der Waals surface area contributed by atoms with Gasteiger partial charge < -0.3 is 16.0 Å². The van der Waals surface area contributed by atoms with E-state index in [1.165, 1.54) is 0 Å². The zero-order valence-corrected chi connectivity index (χ0v) is 14.4. The van der Waals surface area contributed by atoms with Crippen LogP contribution in [0.4, 0.5) is 11.4 Å². The van der Waals surface area contributed by atoms with Gasteiger partial charge in [0.15, 0.2) is 0 Å². The Morgan fingerprint density at radius 2 is 1.91 bits per heavy atom. The highest BCUT2D eigenvalue weighted by molar-refractivity contribution is 5.94. The summed E-state index contributed by atoms with van der Waals surface area (Å²) in [4.78, 5) is 23.8. The lowest BCUT2D eigenvalue weighted by atomic mass is 10.1. The van der Waals surface area contributed by atoms with Crippen LogP contribution in [0.2, 0.25) is 0 Å². The highest BCUT2D eigenvalue weighted by Crippen LogP contribution is 2.30. The first-order valence-electron chi connectivity index (χ1n) is 8.31. The molecule has 3 N–H and O–H groups in total. The molecule has 23 heavy (non-hydrogen) atoms. The minimum absolute atomic E-state index is 0.0296. The number of benzene rings is 1. The lowest BCUT2D eigenvalue weighted by molar-refractivity contribution is -0.120. The Morgan fingerprint density at radius 3 is 2.52 bits per heavy atom. The van der Waals surface area contributed by atoms with Gasteiger partial charge in [-0.05, 0) is 50.3 Å². The Morgan fingerprint density at radius 1 is 1.22 bits per heavy atom. The second kappa shape index (κ2) is 7.49. The molecule has 1 aromatic carbocycles. The molecule has 126 valence electrons. The Balaban J connectivity index is 1.90. The molecule has 0 aliphatic heterocycles. The van der Waals surface area contributed by atoms with Crippen molar-refractivity contribution in [3.05, 3.63) is 23.8 Å². The number of anilines is 2. The minimum atomic E-state index is -0.0296. The average Bonchev–Trinajstić information content (AvgIpc) is 3.32. The number of nitrogens with one attached hydrogen (secondary N) is 3. The lowest BCUT2D eigenvalue weighted by Crippen LogP contribution is -2.39. The molecule has 5 nitrogen and oxygen atoms in total. The zero-order valence-electron chi connectivity index (χ0n) is 14.4. The molecular weight excluding hydrogens is 290 g/mol. The molecule has 0 heterocycles. The molecule has 5 heteroatoms. The summed E-state index contributed by atoms with van der Waals surface area (Å²) in [6.07, 6.45) is 1.97. The van der Waals surface area contributed by atoms with Crippen molar-refractivity contribution in [1.29, 1.82) is 0 Å². The minimum Gasteiger partial charge on any atom is -0.376 e. The number of rotatable bonds is 7. The van der Waals surface area contributed by atoms with E-state index in [1.807, 2.05) is 32.0 Å². The third-order valence-corrected chi connectivity index (χ3v) is 4.28. The van der Waals surface area contributed by atoms with Crippen LogP contribution in [0, 0.1) is 18.8 Å². The predicted octanol–water partition coefficient (Wildman–Crippen LogP) is 2.92. The van der Waals surface area contributed by atoms with Crippen LogP contribution in [-0.4, -0.2) is 24.4 Å². The highest BCUT2D eigenvalue weighted by Gasteiger charge is 2.29. The second-order valence-corrected chi connectivity index (χ2v) is 6.75. The van der Waals surface area contributed by atoms with Gasteiger partial charge in [-0.25, -0.2) is 0 Å². The van der Waals surface area contributed by atoms with E-state index in [9.17, 15) is 9.59 Å². The number of carbonyl (C=O) groups is 2. The molecule has 1 saturated carbocycles. The summed E-state index contributed by atoms with van der Waals surface area (Å²) in [6, 6.07) is 5.87. The Hall–Kier alpha value is -2.04. The molecule has 0 spiro atoms. The monoisotopic (exact) mass is 317 g/mol. The van der Waals surface area contributed by atoms with Gasteiger partial charge in [0.25, 0.3) is 0 Å². The van der Waals surface area contributed by atoms with E-state index in [0.717, 1.165) is 29.8 Å². The van der Waals surface area contributed by atoms with Crippen LogP contribution in [0.1, 0.15) is 39.2 Å². The van der Waals surface area contributed by atoms with Gasteiger partial charge in [-0.15, -0.1) is 0 Å². The fourth-order valence-corrected chi connectivity index (χ4v) is 2.13. The molecule has 1 atom stereocenters. The number of amides is 2. The summed E-state index contributed by atoms with van der Waals surface area (Å²) in [5.74, 6) is 0.638. The van der Waals surface area contributed by atoms with Crippen molar-refractivity contribution in [2.24, 2.45) is 11.8 Å². The molecule has 1 aromatic rings. The molecule has 1 fully saturated rings. The third kappa shape index (κ3) is 5.27. The molecule has 0 unspecified atom stereocenters. The van der Waals surface area contributed by atoms with Crippen molar-refractivity contribution in [2.75, 3.05) is 17.2 Å². The smallest absolute Gasteiger partial charge is 0.239 e. The summed E-state index contributed by atoms with van der Waals surface area (Å²) in [5.41, 5.74) is 2.68. The van der Waals surface area contributed by atoms with Gasteiger partial charge in [0.05, 0.1) is 6.54 Å². The van der Waals surface area contributed by atoms with E-state index < -0.39 is 0 Å². The number of aryl methyl sites for hydroxylation is 1. The molecule has 0 aromatic heterocycles. The van der Waals surface area contributed by atoms with Gasteiger partial charge in [0.1, 0.15) is 0 Å². The van der Waals surface area contributed by atoms with Gasteiger partial charge >= 0.3 is 0 Å². The summed E-state index contributed by atoms with van der Waals surface area (Å²) in [6.45, 7) is 8.35. The van der Waals surface area contributed by atoms with Crippen molar-refractivity contribution < 1.29 is 9.59 Å². The van der Waals surface area contributed by atoms with Crippen LogP contribution in [0.5, 0.6) is 0 Å². The summed E-state index contributed by atoms with van der Waals surface area (Å²) in [7, 11) is 0. The van der Waals surface area contributed by atoms with Gasteiger partial charge in [0, 0.05) is 23.3 Å². The fourth-order valence-electron chi connectivity index (χ4n) is 2.13. The Labute approximate surface area is 138 Å². The van der Waals surface area contributed by atoms with Gasteiger partial charge in [-0.3, -0.25) is 9.59 Å². The molecule has 1 aliphatic rings. The van der Waals surface area contributed by atoms with Crippen LogP contribution in [0.15, 0.2) is 18.2 Å². The van der Waals surface area contributed by atoms with Gasteiger partial charge in [-0.2, -0.15) is 0 Å². The lowest BCUT2D eigenvalue weighted by Gasteiger charge is -2.18. The van der Waals surface area contributed by atoms with Crippen LogP contribution in [0.25, 0.3) is 0 Å². The first-order valence-corrected chi connectivity index (χ1v) is 8.31. The van der Waals surface area contributed by atoms with Crippen LogP contribution in [-0.2, 0) is 9.59 Å². The molecule has 0 bridgehead atoms. The molecule has 0 radical (unpaired) electrons. The van der Waals surface area contributed by atoms with Gasteiger partial charge in [0.2, 0.25) is 11.8 Å². The largest absolute Gasteiger partial charge is 0.376 e. The highest BCUT2D eigenvalue weighted by atomic mass is 16.2. The summed E-state index contributed by atoms with van der Waals surface area (Å²) in [5, 5.41) is 9.05. The number of hydrogen-bond donors (Lipinski definition) is 3. The average molecular weight is 317 g/mol. The topological polar surface area (TPSA) is 70.2 Å². The van der Waals surface area contributed by atoms with Crippen LogP contribution in [0.3, 0.4) is 0 Å². The van der Waals surface area contributed by atoms with E-state index in [-0.39, 0.29) is 30.3 Å². The van der Waals surface area contributed by atoms with Crippen molar-refractivity contribution in [3.8, 4) is 0 Å². The third-order valence-electron chi connectivity index (χ3n) is 4.28. The van der Waals surface area contributed by atoms with E-state index in [0.29, 0.717) is 5.92 Å². The van der Waals surface area contributed by atoms with Crippen LogP contribution < -0.4 is 16.0 Å². The standard InChI is InChI=1S/C18H27N3O2/c1-11(2)13(4)20-17(22)10-19-16-9-15(8-5-12(16)3)21-18(23)14-6-7-14/h5,8-9,11,13-14,19H,6-7,10H2,1-4H3,(H,20,22)(H,21,23)/t13-/m1/s1. The van der Waals surface area contributed by atoms with Crippen molar-refractivity contribution in [1.82, 2.24) is 5.32 Å². The quantitative estimate of drug-likeness (QED) is 0.724. The van der Waals surface area contributed by atoms with E-state index >= 15 is 0 Å². The Kier molecular flexibility index (Phi) is 5.64. The van der Waals surface area contributed by atoms with E-state index in [2.05, 4.69) is 29.8 Å². The fraction of sp³-hybridized carbons (Fsp3) is 0.556. The van der Waals surface area contributed by atoms with Crippen molar-refractivity contribution >= 4 is 23.2 Å². The molecule has 2 amide bonds. The van der Waals surface area contributed by atoms with E-state index in [4.69, 9.17) is 0 Å². The molecule has 2 rings (SSSR count). The first kappa shape index (κ1) is 17.3. The molecular formula is C18H27N3O2. The molecule has 0 saturated heterocycles. The Bertz CT molecular complexity index is 580. The predicted molar refractivity (Wildman–Crippen MR) is 93.5 cm³/mol. The van der Waals surface area contributed by atoms with Crippen molar-refractivity contribution in [3.63, 3.8) is 0 Å². The zero-order chi connectivity index (χ0) is 17.0. The summed E-state index contributed by atoms with van der Waals surface area (Å²) >= 11 is 0. The van der Waals surface area contributed by atoms with E-state index in [1.54, 1.807) is 0 Å². The molecule has 1 aliphatic carbocycles. The maximum absolute atomic E-state index is 12.0. The second-order valence-electron chi connectivity index (χ2n) is 6.75.